The Bertz CT molecular complexity index is 825. The molecular formula is C22H26O4. The second kappa shape index (κ2) is 6.42. The van der Waals surface area contributed by atoms with Crippen molar-refractivity contribution in [2.75, 3.05) is 13.2 Å². The van der Waals surface area contributed by atoms with E-state index >= 15 is 0 Å². The van der Waals surface area contributed by atoms with E-state index in [4.69, 9.17) is 14.2 Å². The Hall–Kier alpha value is -2.36. The summed E-state index contributed by atoms with van der Waals surface area (Å²) in [5, 5.41) is 10.4. The first-order valence-electron chi connectivity index (χ1n) is 9.39. The van der Waals surface area contributed by atoms with Gasteiger partial charge in [-0.25, -0.2) is 0 Å². The fraction of sp³-hybridized carbons (Fsp3) is 0.455. The lowest BCUT2D eigenvalue weighted by Gasteiger charge is -2.35. The van der Waals surface area contributed by atoms with Crippen molar-refractivity contribution in [3.05, 3.63) is 47.0 Å². The minimum atomic E-state index is -0.119. The van der Waals surface area contributed by atoms with Crippen molar-refractivity contribution in [2.45, 2.75) is 51.6 Å². The molecule has 0 aliphatic carbocycles. The first kappa shape index (κ1) is 17.1. The molecule has 2 aromatic carbocycles. The van der Waals surface area contributed by atoms with Gasteiger partial charge < -0.3 is 19.3 Å². The van der Waals surface area contributed by atoms with E-state index in [0.717, 1.165) is 36.3 Å². The predicted octanol–water partition coefficient (Wildman–Crippen LogP) is 4.61. The van der Waals surface area contributed by atoms with Crippen molar-refractivity contribution in [1.29, 1.82) is 0 Å². The molecule has 0 bridgehead atoms. The van der Waals surface area contributed by atoms with Crippen molar-refractivity contribution in [1.82, 2.24) is 0 Å². The van der Waals surface area contributed by atoms with Crippen LogP contribution in [0.1, 0.15) is 49.8 Å². The van der Waals surface area contributed by atoms with Gasteiger partial charge in [0, 0.05) is 23.1 Å². The molecule has 2 aliphatic rings. The van der Waals surface area contributed by atoms with Crippen LogP contribution < -0.4 is 14.2 Å². The highest BCUT2D eigenvalue weighted by Crippen LogP contribution is 2.44. The summed E-state index contributed by atoms with van der Waals surface area (Å²) >= 11 is 0. The fourth-order valence-electron chi connectivity index (χ4n) is 3.94. The minimum absolute atomic E-state index is 0.119. The number of hydrogen-bond acceptors (Lipinski definition) is 4. The number of fused-ring (bicyclic) bond motifs is 3. The molecule has 2 aromatic rings. The molecule has 4 nitrogen and oxygen atoms in total. The molecule has 0 amide bonds. The fourth-order valence-corrected chi connectivity index (χ4v) is 3.94. The third kappa shape index (κ3) is 3.09. The minimum Gasteiger partial charge on any atom is -0.508 e. The molecule has 4 heteroatoms. The Morgan fingerprint density at radius 3 is 2.85 bits per heavy atom. The van der Waals surface area contributed by atoms with E-state index < -0.39 is 0 Å². The van der Waals surface area contributed by atoms with Crippen LogP contribution in [0.5, 0.6) is 23.0 Å². The Balaban J connectivity index is 1.59. The van der Waals surface area contributed by atoms with E-state index in [1.165, 1.54) is 11.1 Å². The number of phenols is 1. The van der Waals surface area contributed by atoms with E-state index in [9.17, 15) is 5.11 Å². The molecule has 0 radical (unpaired) electrons. The average molecular weight is 354 g/mol. The maximum absolute atomic E-state index is 10.4. The Morgan fingerprint density at radius 2 is 2.08 bits per heavy atom. The van der Waals surface area contributed by atoms with Crippen LogP contribution in [0, 0.1) is 0 Å². The smallest absolute Gasteiger partial charge is 0.129 e. The zero-order valence-corrected chi connectivity index (χ0v) is 15.7. The largest absolute Gasteiger partial charge is 0.508 e. The van der Waals surface area contributed by atoms with Crippen molar-refractivity contribution in [2.24, 2.45) is 0 Å². The van der Waals surface area contributed by atoms with E-state index in [-0.39, 0.29) is 17.3 Å². The second-order valence-electron chi connectivity index (χ2n) is 7.76. The third-order valence-electron chi connectivity index (χ3n) is 5.31. The quantitative estimate of drug-likeness (QED) is 0.874. The molecule has 0 spiro atoms. The summed E-state index contributed by atoms with van der Waals surface area (Å²) in [6.45, 7) is 7.33. The molecule has 0 saturated carbocycles. The summed E-state index contributed by atoms with van der Waals surface area (Å²) < 4.78 is 17.7. The molecule has 0 unspecified atom stereocenters. The number of rotatable bonds is 3. The molecule has 1 atom stereocenters. The molecular weight excluding hydrogens is 328 g/mol. The summed E-state index contributed by atoms with van der Waals surface area (Å²) in [4.78, 5) is 0. The van der Waals surface area contributed by atoms with Crippen LogP contribution in [0.4, 0.5) is 0 Å². The lowest BCUT2D eigenvalue weighted by Crippen LogP contribution is -2.33. The molecule has 1 N–H and O–H groups in total. The normalized spacial score (nSPS) is 20.3. The Morgan fingerprint density at radius 1 is 1.23 bits per heavy atom. The number of benzene rings is 2. The van der Waals surface area contributed by atoms with Gasteiger partial charge in [-0.05, 0) is 57.7 Å². The Labute approximate surface area is 154 Å². The van der Waals surface area contributed by atoms with Crippen molar-refractivity contribution >= 4 is 0 Å². The van der Waals surface area contributed by atoms with Crippen LogP contribution in [0.25, 0.3) is 0 Å². The second-order valence-corrected chi connectivity index (χ2v) is 7.76. The van der Waals surface area contributed by atoms with Crippen LogP contribution in [0.15, 0.2) is 30.3 Å². The lowest BCUT2D eigenvalue weighted by molar-refractivity contribution is 0.0826. The maximum atomic E-state index is 10.4. The molecule has 0 fully saturated rings. The molecule has 2 heterocycles. The van der Waals surface area contributed by atoms with Gasteiger partial charge in [-0.3, -0.25) is 0 Å². The summed E-state index contributed by atoms with van der Waals surface area (Å²) in [7, 11) is 0. The molecule has 2 aliphatic heterocycles. The highest BCUT2D eigenvalue weighted by atomic mass is 16.5. The maximum Gasteiger partial charge on any atom is 0.129 e. The van der Waals surface area contributed by atoms with Gasteiger partial charge in [0.05, 0.1) is 13.2 Å². The SMILES string of the molecule is CCOc1ccc([C@H]2COc3c(ccc4c3CCC(C)(C)O4)C2)c(O)c1. The van der Waals surface area contributed by atoms with Crippen LogP contribution in [-0.4, -0.2) is 23.9 Å². The number of ether oxygens (including phenoxy) is 3. The molecule has 0 saturated heterocycles. The molecule has 4 rings (SSSR count). The molecule has 26 heavy (non-hydrogen) atoms. The number of hydrogen-bond donors (Lipinski definition) is 1. The first-order valence-corrected chi connectivity index (χ1v) is 9.39. The van der Waals surface area contributed by atoms with Gasteiger partial charge in [0.2, 0.25) is 0 Å². The standard InChI is InChI=1S/C22H26O4/c1-4-24-16-6-7-17(19(23)12-16)15-11-14-5-8-20-18(21(14)25-13-15)9-10-22(2,3)26-20/h5-8,12,15,23H,4,9-11,13H2,1-3H3/t15-/m1/s1. The van der Waals surface area contributed by atoms with Crippen molar-refractivity contribution in [3.8, 4) is 23.0 Å². The predicted molar refractivity (Wildman–Crippen MR) is 101 cm³/mol. The monoisotopic (exact) mass is 354 g/mol. The number of aromatic hydroxyl groups is 1. The van der Waals surface area contributed by atoms with Gasteiger partial charge in [-0.1, -0.05) is 12.1 Å². The van der Waals surface area contributed by atoms with E-state index in [1.807, 2.05) is 19.1 Å². The Kier molecular flexibility index (Phi) is 4.22. The van der Waals surface area contributed by atoms with Crippen molar-refractivity contribution in [3.63, 3.8) is 0 Å². The summed E-state index contributed by atoms with van der Waals surface area (Å²) in [5.41, 5.74) is 3.17. The van der Waals surface area contributed by atoms with Crippen LogP contribution in [-0.2, 0) is 12.8 Å². The highest BCUT2D eigenvalue weighted by Gasteiger charge is 2.32. The van der Waals surface area contributed by atoms with E-state index in [2.05, 4.69) is 26.0 Å². The van der Waals surface area contributed by atoms with Crippen LogP contribution in [0.3, 0.4) is 0 Å². The van der Waals surface area contributed by atoms with Gasteiger partial charge in [-0.15, -0.1) is 0 Å². The third-order valence-corrected chi connectivity index (χ3v) is 5.31. The van der Waals surface area contributed by atoms with Crippen LogP contribution in [0.2, 0.25) is 0 Å². The topological polar surface area (TPSA) is 47.9 Å². The average Bonchev–Trinajstić information content (AvgIpc) is 2.60. The van der Waals surface area contributed by atoms with E-state index in [0.29, 0.717) is 19.0 Å². The molecule has 0 aromatic heterocycles. The van der Waals surface area contributed by atoms with Gasteiger partial charge in [0.1, 0.15) is 28.6 Å². The molecule has 138 valence electrons. The van der Waals surface area contributed by atoms with Gasteiger partial charge in [0.25, 0.3) is 0 Å². The first-order chi connectivity index (χ1) is 12.5. The van der Waals surface area contributed by atoms with Crippen molar-refractivity contribution < 1.29 is 19.3 Å². The van der Waals surface area contributed by atoms with Crippen LogP contribution >= 0.6 is 0 Å². The lowest BCUT2D eigenvalue weighted by atomic mass is 9.86. The summed E-state index contributed by atoms with van der Waals surface area (Å²) in [6, 6.07) is 9.73. The van der Waals surface area contributed by atoms with E-state index in [1.54, 1.807) is 6.07 Å². The number of phenolic OH excluding ortho intramolecular Hbond substituents is 1. The van der Waals surface area contributed by atoms with Gasteiger partial charge >= 0.3 is 0 Å². The van der Waals surface area contributed by atoms with Gasteiger partial charge in [0.15, 0.2) is 0 Å². The van der Waals surface area contributed by atoms with Gasteiger partial charge in [-0.2, -0.15) is 0 Å². The highest BCUT2D eigenvalue weighted by molar-refractivity contribution is 5.54. The summed E-state index contributed by atoms with van der Waals surface area (Å²) in [5.74, 6) is 3.04. The summed E-state index contributed by atoms with van der Waals surface area (Å²) in [6.07, 6.45) is 2.82. The zero-order valence-electron chi connectivity index (χ0n) is 15.7. The zero-order chi connectivity index (χ0) is 18.3.